The Morgan fingerprint density at radius 1 is 1.40 bits per heavy atom. The monoisotopic (exact) mass is 206 g/mol. The molecule has 1 aliphatic heterocycles. The Hall–Kier alpha value is -1.55. The summed E-state index contributed by atoms with van der Waals surface area (Å²) in [6.07, 6.45) is 0.883. The fourth-order valence-corrected chi connectivity index (χ4v) is 1.80. The van der Waals surface area contributed by atoms with E-state index >= 15 is 0 Å². The van der Waals surface area contributed by atoms with E-state index < -0.39 is 0 Å². The van der Waals surface area contributed by atoms with Gasteiger partial charge in [0.15, 0.2) is 0 Å². The molecule has 4 nitrogen and oxygen atoms in total. The first-order valence-corrected chi connectivity index (χ1v) is 5.01. The van der Waals surface area contributed by atoms with E-state index in [1.165, 1.54) is 0 Å². The van der Waals surface area contributed by atoms with E-state index in [1.807, 2.05) is 12.1 Å². The van der Waals surface area contributed by atoms with Gasteiger partial charge >= 0.3 is 0 Å². The number of nitrogens with one attached hydrogen (secondary N) is 1. The molecule has 0 spiro atoms. The van der Waals surface area contributed by atoms with E-state index in [0.29, 0.717) is 6.54 Å². The molecule has 1 heterocycles. The molecule has 0 saturated carbocycles. The van der Waals surface area contributed by atoms with Gasteiger partial charge in [-0.2, -0.15) is 0 Å². The van der Waals surface area contributed by atoms with Gasteiger partial charge in [0.05, 0.1) is 0 Å². The molecule has 4 heteroatoms. The molecular weight excluding hydrogens is 192 g/mol. The lowest BCUT2D eigenvalue weighted by molar-refractivity contribution is -0.119. The lowest BCUT2D eigenvalue weighted by atomic mass is 10.0. The number of rotatable bonds is 2. The minimum absolute atomic E-state index is 0.171. The van der Waals surface area contributed by atoms with Crippen molar-refractivity contribution in [1.82, 2.24) is 10.2 Å². The normalized spacial score (nSPS) is 21.3. The molecule has 1 unspecified atom stereocenters. The van der Waals surface area contributed by atoms with E-state index in [-0.39, 0.29) is 11.8 Å². The number of hydrogen-bond donors (Lipinski definition) is 2. The van der Waals surface area contributed by atoms with Crippen LogP contribution in [0.2, 0.25) is 0 Å². The van der Waals surface area contributed by atoms with Crippen molar-refractivity contribution in [3.8, 4) is 5.75 Å². The van der Waals surface area contributed by atoms with Gasteiger partial charge in [-0.25, -0.2) is 0 Å². The molecule has 0 aromatic heterocycles. The third-order valence-corrected chi connectivity index (χ3v) is 2.65. The first-order chi connectivity index (χ1) is 7.29. The van der Waals surface area contributed by atoms with Gasteiger partial charge in [-0.15, -0.1) is 0 Å². The van der Waals surface area contributed by atoms with E-state index in [1.54, 1.807) is 17.0 Å². The molecule has 1 aliphatic rings. The zero-order valence-corrected chi connectivity index (χ0v) is 8.39. The summed E-state index contributed by atoms with van der Waals surface area (Å²) in [6, 6.07) is 7.25. The van der Waals surface area contributed by atoms with Crippen LogP contribution in [0.5, 0.6) is 5.75 Å². The fourth-order valence-electron chi connectivity index (χ4n) is 1.80. The van der Waals surface area contributed by atoms with Gasteiger partial charge in [0.2, 0.25) is 6.41 Å². The van der Waals surface area contributed by atoms with E-state index in [0.717, 1.165) is 25.1 Å². The van der Waals surface area contributed by atoms with Crippen molar-refractivity contribution in [3.63, 3.8) is 0 Å². The molecule has 1 saturated heterocycles. The Morgan fingerprint density at radius 3 is 2.80 bits per heavy atom. The third-order valence-electron chi connectivity index (χ3n) is 2.65. The van der Waals surface area contributed by atoms with Crippen LogP contribution in [-0.4, -0.2) is 36.1 Å². The highest BCUT2D eigenvalue weighted by atomic mass is 16.3. The Bertz CT molecular complexity index is 337. The summed E-state index contributed by atoms with van der Waals surface area (Å²) in [7, 11) is 0. The second-order valence-corrected chi connectivity index (χ2v) is 3.70. The number of phenols is 1. The molecule has 0 radical (unpaired) electrons. The van der Waals surface area contributed by atoms with Crippen molar-refractivity contribution in [3.05, 3.63) is 29.8 Å². The van der Waals surface area contributed by atoms with Crippen molar-refractivity contribution in [2.75, 3.05) is 19.6 Å². The topological polar surface area (TPSA) is 52.6 Å². The van der Waals surface area contributed by atoms with E-state index in [2.05, 4.69) is 5.32 Å². The van der Waals surface area contributed by atoms with Gasteiger partial charge in [0.1, 0.15) is 5.75 Å². The van der Waals surface area contributed by atoms with Crippen LogP contribution in [0.25, 0.3) is 0 Å². The van der Waals surface area contributed by atoms with Crippen LogP contribution in [-0.2, 0) is 4.79 Å². The summed E-state index contributed by atoms with van der Waals surface area (Å²) < 4.78 is 0. The molecule has 1 aromatic rings. The lowest BCUT2D eigenvalue weighted by Gasteiger charge is -2.31. The first-order valence-electron chi connectivity index (χ1n) is 5.01. The molecule has 1 atom stereocenters. The highest BCUT2D eigenvalue weighted by Gasteiger charge is 2.19. The van der Waals surface area contributed by atoms with Gasteiger partial charge in [0, 0.05) is 25.7 Å². The van der Waals surface area contributed by atoms with Gasteiger partial charge < -0.3 is 15.3 Å². The zero-order valence-electron chi connectivity index (χ0n) is 8.39. The molecule has 80 valence electrons. The average molecular weight is 206 g/mol. The maximum atomic E-state index is 10.6. The van der Waals surface area contributed by atoms with Crippen LogP contribution in [0.3, 0.4) is 0 Å². The summed E-state index contributed by atoms with van der Waals surface area (Å²) in [4.78, 5) is 12.4. The van der Waals surface area contributed by atoms with Crippen molar-refractivity contribution in [1.29, 1.82) is 0 Å². The maximum absolute atomic E-state index is 10.6. The quantitative estimate of drug-likeness (QED) is 0.693. The number of aromatic hydroxyl groups is 1. The smallest absolute Gasteiger partial charge is 0.209 e. The van der Waals surface area contributed by atoms with Crippen molar-refractivity contribution in [2.45, 2.75) is 6.04 Å². The number of benzene rings is 1. The molecule has 0 aliphatic carbocycles. The molecule has 2 N–H and O–H groups in total. The lowest BCUT2D eigenvalue weighted by Crippen LogP contribution is -2.44. The SMILES string of the molecule is O=CN1CCNC(c2ccc(O)cc2)C1. The van der Waals surface area contributed by atoms with Crippen LogP contribution >= 0.6 is 0 Å². The Balaban J connectivity index is 2.09. The van der Waals surface area contributed by atoms with Crippen LogP contribution in [0.1, 0.15) is 11.6 Å². The van der Waals surface area contributed by atoms with Crippen LogP contribution in [0.15, 0.2) is 24.3 Å². The van der Waals surface area contributed by atoms with E-state index in [9.17, 15) is 4.79 Å². The molecule has 0 bridgehead atoms. The molecule has 1 fully saturated rings. The summed E-state index contributed by atoms with van der Waals surface area (Å²) in [6.45, 7) is 2.26. The molecule has 15 heavy (non-hydrogen) atoms. The van der Waals surface area contributed by atoms with Gasteiger partial charge in [-0.3, -0.25) is 4.79 Å². The molecular formula is C11H14N2O2. The number of carbonyl (C=O) groups excluding carboxylic acids is 1. The van der Waals surface area contributed by atoms with Crippen LogP contribution in [0.4, 0.5) is 0 Å². The van der Waals surface area contributed by atoms with E-state index in [4.69, 9.17) is 5.11 Å². The number of amides is 1. The van der Waals surface area contributed by atoms with Crippen molar-refractivity contribution in [2.24, 2.45) is 0 Å². The second kappa shape index (κ2) is 4.31. The summed E-state index contributed by atoms with van der Waals surface area (Å²) in [5.74, 6) is 0.266. The number of hydrogen-bond acceptors (Lipinski definition) is 3. The largest absolute Gasteiger partial charge is 0.508 e. The number of phenolic OH excluding ortho intramolecular Hbond substituents is 1. The predicted molar refractivity (Wildman–Crippen MR) is 56.5 cm³/mol. The summed E-state index contributed by atoms with van der Waals surface area (Å²) >= 11 is 0. The predicted octanol–water partition coefficient (Wildman–Crippen LogP) is 0.495. The van der Waals surface area contributed by atoms with Crippen LogP contribution < -0.4 is 5.32 Å². The second-order valence-electron chi connectivity index (χ2n) is 3.70. The van der Waals surface area contributed by atoms with Crippen molar-refractivity contribution < 1.29 is 9.90 Å². The first kappa shape index (κ1) is 9.98. The Morgan fingerprint density at radius 2 is 2.13 bits per heavy atom. The average Bonchev–Trinajstić information content (AvgIpc) is 2.30. The maximum Gasteiger partial charge on any atom is 0.209 e. The standard InChI is InChI=1S/C11H14N2O2/c14-8-13-6-5-12-11(7-13)9-1-3-10(15)4-2-9/h1-4,8,11-12,15H,5-7H2. The highest BCUT2D eigenvalue weighted by Crippen LogP contribution is 2.19. The van der Waals surface area contributed by atoms with Gasteiger partial charge in [-0.05, 0) is 17.7 Å². The minimum Gasteiger partial charge on any atom is -0.508 e. The Kier molecular flexibility index (Phi) is 2.87. The number of nitrogens with zero attached hydrogens (tertiary/aromatic N) is 1. The molecule has 1 amide bonds. The van der Waals surface area contributed by atoms with Gasteiger partial charge in [-0.1, -0.05) is 12.1 Å². The molecule has 1 aromatic carbocycles. The summed E-state index contributed by atoms with van der Waals surface area (Å²) in [5, 5.41) is 12.5. The number of carbonyl (C=O) groups is 1. The third kappa shape index (κ3) is 2.27. The van der Waals surface area contributed by atoms with Crippen LogP contribution in [0, 0.1) is 0 Å². The van der Waals surface area contributed by atoms with Crippen molar-refractivity contribution >= 4 is 6.41 Å². The molecule has 2 rings (SSSR count). The number of piperazine rings is 1. The Labute approximate surface area is 88.5 Å². The summed E-state index contributed by atoms with van der Waals surface area (Å²) in [5.41, 5.74) is 1.10. The fraction of sp³-hybridized carbons (Fsp3) is 0.364. The minimum atomic E-state index is 0.171. The zero-order chi connectivity index (χ0) is 10.7. The van der Waals surface area contributed by atoms with Gasteiger partial charge in [0.25, 0.3) is 0 Å². The highest BCUT2D eigenvalue weighted by molar-refractivity contribution is 5.47.